The van der Waals surface area contributed by atoms with Gasteiger partial charge in [0.2, 0.25) is 0 Å². The molecule has 2 heterocycles. The molecule has 0 unspecified atom stereocenters. The van der Waals surface area contributed by atoms with Gasteiger partial charge in [0, 0.05) is 43.0 Å². The predicted molar refractivity (Wildman–Crippen MR) is 89.2 cm³/mol. The minimum absolute atomic E-state index is 0.381. The Labute approximate surface area is 134 Å². The minimum atomic E-state index is 0.381. The smallest absolute Gasteiger partial charge is 0.108 e. The molecular weight excluding hydrogens is 298 g/mol. The van der Waals surface area contributed by atoms with Crippen LogP contribution in [0.2, 0.25) is 5.02 Å². The van der Waals surface area contributed by atoms with E-state index in [1.165, 1.54) is 0 Å². The van der Waals surface area contributed by atoms with Gasteiger partial charge in [-0.2, -0.15) is 0 Å². The van der Waals surface area contributed by atoms with E-state index in [-0.39, 0.29) is 0 Å². The van der Waals surface area contributed by atoms with Crippen molar-refractivity contribution >= 4 is 22.6 Å². The van der Waals surface area contributed by atoms with Gasteiger partial charge >= 0.3 is 0 Å². The molecule has 3 rings (SSSR count). The van der Waals surface area contributed by atoms with Gasteiger partial charge in [0.25, 0.3) is 0 Å². The van der Waals surface area contributed by atoms with Crippen molar-refractivity contribution in [2.24, 2.45) is 0 Å². The monoisotopic (exact) mass is 317 g/mol. The number of hydrogen-bond acceptors (Lipinski definition) is 3. The summed E-state index contributed by atoms with van der Waals surface area (Å²) in [7, 11) is 0. The third-order valence-corrected chi connectivity index (χ3v) is 3.98. The van der Waals surface area contributed by atoms with E-state index in [2.05, 4.69) is 31.8 Å². The normalized spacial score (nSPS) is 12.9. The Morgan fingerprint density at radius 2 is 2.27 bits per heavy atom. The van der Waals surface area contributed by atoms with Crippen molar-refractivity contribution in [1.82, 2.24) is 24.8 Å². The summed E-state index contributed by atoms with van der Waals surface area (Å²) in [6, 6.07) is 6.09. The van der Waals surface area contributed by atoms with E-state index in [0.717, 1.165) is 47.2 Å². The molecule has 2 aromatic heterocycles. The summed E-state index contributed by atoms with van der Waals surface area (Å²) in [5.74, 6) is 2.03. The number of hydrogen-bond donors (Lipinski definition) is 2. The molecule has 0 aliphatic rings. The fourth-order valence-corrected chi connectivity index (χ4v) is 2.72. The molecule has 116 valence electrons. The number of fused-ring (bicyclic) bond motifs is 1. The van der Waals surface area contributed by atoms with Crippen molar-refractivity contribution in [3.05, 3.63) is 47.3 Å². The van der Waals surface area contributed by atoms with Gasteiger partial charge in [-0.1, -0.05) is 11.6 Å². The van der Waals surface area contributed by atoms with Crippen molar-refractivity contribution in [2.75, 3.05) is 6.54 Å². The number of benzene rings is 1. The molecule has 0 fully saturated rings. The fraction of sp³-hybridized carbons (Fsp3) is 0.375. The molecule has 0 saturated heterocycles. The predicted octanol–water partition coefficient (Wildman–Crippen LogP) is 2.94. The van der Waals surface area contributed by atoms with Gasteiger partial charge in [-0.25, -0.2) is 9.97 Å². The van der Waals surface area contributed by atoms with Crippen LogP contribution in [0.25, 0.3) is 11.0 Å². The first kappa shape index (κ1) is 15.1. The van der Waals surface area contributed by atoms with Crippen LogP contribution in [-0.2, 0) is 13.0 Å². The quantitative estimate of drug-likeness (QED) is 0.735. The number of nitrogens with one attached hydrogen (secondary N) is 2. The Kier molecular flexibility index (Phi) is 4.45. The van der Waals surface area contributed by atoms with E-state index in [1.54, 1.807) is 0 Å². The van der Waals surface area contributed by atoms with Crippen molar-refractivity contribution in [3.63, 3.8) is 0 Å². The molecule has 0 aliphatic carbocycles. The lowest BCUT2D eigenvalue weighted by atomic mass is 10.3. The molecular formula is C16H20ClN5. The van der Waals surface area contributed by atoms with Crippen LogP contribution in [0.5, 0.6) is 0 Å². The van der Waals surface area contributed by atoms with E-state index in [9.17, 15) is 0 Å². The van der Waals surface area contributed by atoms with Crippen LogP contribution in [0.4, 0.5) is 0 Å². The summed E-state index contributed by atoms with van der Waals surface area (Å²) in [4.78, 5) is 12.1. The molecule has 5 nitrogen and oxygen atoms in total. The number of H-pyrrole nitrogens is 1. The van der Waals surface area contributed by atoms with E-state index < -0.39 is 0 Å². The number of imidazole rings is 2. The van der Waals surface area contributed by atoms with E-state index >= 15 is 0 Å². The average Bonchev–Trinajstić information content (AvgIpc) is 3.05. The molecule has 0 amide bonds. The van der Waals surface area contributed by atoms with Crippen molar-refractivity contribution in [1.29, 1.82) is 0 Å². The fourth-order valence-electron chi connectivity index (χ4n) is 2.55. The summed E-state index contributed by atoms with van der Waals surface area (Å²) >= 11 is 5.99. The maximum atomic E-state index is 5.99. The lowest BCUT2D eigenvalue weighted by Crippen LogP contribution is -2.32. The Morgan fingerprint density at radius 3 is 3.05 bits per heavy atom. The van der Waals surface area contributed by atoms with Gasteiger partial charge in [-0.15, -0.1) is 0 Å². The molecule has 3 aromatic rings. The summed E-state index contributed by atoms with van der Waals surface area (Å²) in [6.45, 7) is 5.99. The van der Waals surface area contributed by atoms with Gasteiger partial charge in [0.1, 0.15) is 11.6 Å². The summed E-state index contributed by atoms with van der Waals surface area (Å²) < 4.78 is 2.15. The van der Waals surface area contributed by atoms with E-state index in [4.69, 9.17) is 11.6 Å². The molecule has 0 aliphatic heterocycles. The van der Waals surface area contributed by atoms with Gasteiger partial charge in [0.05, 0.1) is 11.0 Å². The second kappa shape index (κ2) is 6.50. The summed E-state index contributed by atoms with van der Waals surface area (Å²) in [6.07, 6.45) is 4.71. The first-order valence-corrected chi connectivity index (χ1v) is 7.85. The highest BCUT2D eigenvalue weighted by atomic mass is 35.5. The average molecular weight is 318 g/mol. The maximum absolute atomic E-state index is 5.99. The van der Waals surface area contributed by atoms with Crippen molar-refractivity contribution in [2.45, 2.75) is 32.9 Å². The Hall–Kier alpha value is -1.85. The molecule has 0 saturated carbocycles. The Balaban J connectivity index is 1.52. The second-order valence-corrected chi connectivity index (χ2v) is 6.01. The van der Waals surface area contributed by atoms with E-state index in [1.807, 2.05) is 37.5 Å². The molecule has 0 radical (unpaired) electrons. The lowest BCUT2D eigenvalue weighted by Gasteiger charge is -2.14. The zero-order valence-electron chi connectivity index (χ0n) is 12.8. The van der Waals surface area contributed by atoms with Gasteiger partial charge in [-0.3, -0.25) is 0 Å². The number of rotatable bonds is 6. The highest BCUT2D eigenvalue weighted by Gasteiger charge is 2.06. The first-order valence-electron chi connectivity index (χ1n) is 7.47. The van der Waals surface area contributed by atoms with E-state index in [0.29, 0.717) is 6.04 Å². The van der Waals surface area contributed by atoms with Crippen LogP contribution in [0, 0.1) is 6.92 Å². The molecule has 2 N–H and O–H groups in total. The molecule has 0 spiro atoms. The zero-order chi connectivity index (χ0) is 15.5. The molecule has 6 heteroatoms. The highest BCUT2D eigenvalue weighted by molar-refractivity contribution is 6.31. The third-order valence-electron chi connectivity index (χ3n) is 3.74. The van der Waals surface area contributed by atoms with Crippen molar-refractivity contribution in [3.8, 4) is 0 Å². The third kappa shape index (κ3) is 3.48. The highest BCUT2D eigenvalue weighted by Crippen LogP contribution is 2.17. The zero-order valence-corrected chi connectivity index (χ0v) is 13.6. The number of aromatic amines is 1. The van der Waals surface area contributed by atoms with Gasteiger partial charge < -0.3 is 14.9 Å². The SMILES string of the molecule is Cc1nccn1C[C@@H](C)NCCc1nc2ccc(Cl)cc2[nH]1. The standard InChI is InChI=1S/C16H20ClN5/c1-11(10-22-8-7-19-12(22)2)18-6-5-16-20-14-4-3-13(17)9-15(14)21-16/h3-4,7-9,11,18H,5-6,10H2,1-2H3,(H,20,21)/t11-/m1/s1. The van der Waals surface area contributed by atoms with Crippen LogP contribution < -0.4 is 5.32 Å². The van der Waals surface area contributed by atoms with Crippen LogP contribution in [0.3, 0.4) is 0 Å². The second-order valence-electron chi connectivity index (χ2n) is 5.58. The van der Waals surface area contributed by atoms with Crippen molar-refractivity contribution < 1.29 is 0 Å². The van der Waals surface area contributed by atoms with Gasteiger partial charge in [-0.05, 0) is 32.0 Å². The largest absolute Gasteiger partial charge is 0.342 e. The van der Waals surface area contributed by atoms with Crippen LogP contribution in [-0.4, -0.2) is 32.1 Å². The summed E-state index contributed by atoms with van der Waals surface area (Å²) in [5, 5.41) is 4.24. The lowest BCUT2D eigenvalue weighted by molar-refractivity contribution is 0.472. The minimum Gasteiger partial charge on any atom is -0.342 e. The van der Waals surface area contributed by atoms with Crippen LogP contribution in [0.1, 0.15) is 18.6 Å². The number of nitrogens with zero attached hydrogens (tertiary/aromatic N) is 3. The molecule has 1 atom stereocenters. The van der Waals surface area contributed by atoms with Crippen LogP contribution >= 0.6 is 11.6 Å². The Morgan fingerprint density at radius 1 is 1.41 bits per heavy atom. The first-order chi connectivity index (χ1) is 10.6. The Bertz CT molecular complexity index is 761. The number of aromatic nitrogens is 4. The van der Waals surface area contributed by atoms with Gasteiger partial charge in [0.15, 0.2) is 0 Å². The molecule has 1 aromatic carbocycles. The number of aryl methyl sites for hydroxylation is 1. The summed E-state index contributed by atoms with van der Waals surface area (Å²) in [5.41, 5.74) is 1.95. The molecule has 0 bridgehead atoms. The maximum Gasteiger partial charge on any atom is 0.108 e. The molecule has 22 heavy (non-hydrogen) atoms. The van der Waals surface area contributed by atoms with Crippen LogP contribution in [0.15, 0.2) is 30.6 Å². The number of halogens is 1. The topological polar surface area (TPSA) is 58.5 Å².